The zero-order valence-electron chi connectivity index (χ0n) is 9.43. The van der Waals surface area contributed by atoms with Crippen LogP contribution in [0.1, 0.15) is 53.9 Å². The molecule has 0 radical (unpaired) electrons. The van der Waals surface area contributed by atoms with Gasteiger partial charge in [-0.25, -0.2) is 0 Å². The molecule has 0 saturated carbocycles. The van der Waals surface area contributed by atoms with Crippen LogP contribution >= 0.6 is 0 Å². The average Bonchev–Trinajstić information content (AvgIpc) is 1.99. The largest absolute Gasteiger partial charge is 0.298 e. The van der Waals surface area contributed by atoms with Gasteiger partial charge in [0.25, 0.3) is 0 Å². The van der Waals surface area contributed by atoms with E-state index in [1.807, 2.05) is 0 Å². The maximum absolute atomic E-state index is 2.60. The molecule has 0 aromatic heterocycles. The first-order valence-corrected chi connectivity index (χ1v) is 5.39. The Bertz CT molecular complexity index is 99.2. The molecule has 0 rings (SSSR count). The fourth-order valence-electron chi connectivity index (χ4n) is 1.83. The summed E-state index contributed by atoms with van der Waals surface area (Å²) >= 11 is 0. The van der Waals surface area contributed by atoms with Gasteiger partial charge in [0.1, 0.15) is 0 Å². The summed E-state index contributed by atoms with van der Waals surface area (Å²) in [4.78, 5) is 2.60. The second-order valence-electron chi connectivity index (χ2n) is 3.97. The molecule has 0 aromatic rings. The van der Waals surface area contributed by atoms with Crippen molar-refractivity contribution >= 4 is 0 Å². The molecule has 1 nitrogen and oxygen atoms in total. The lowest BCUT2D eigenvalue weighted by molar-refractivity contribution is 0.156. The lowest BCUT2D eigenvalue weighted by Gasteiger charge is -2.32. The molecular formula is C11H25N. The van der Waals surface area contributed by atoms with Crippen LogP contribution in [0.4, 0.5) is 0 Å². The van der Waals surface area contributed by atoms with Crippen molar-refractivity contribution < 1.29 is 0 Å². The number of rotatable bonds is 6. The Morgan fingerprint density at radius 2 is 1.58 bits per heavy atom. The van der Waals surface area contributed by atoms with Crippen LogP contribution in [0.3, 0.4) is 0 Å². The summed E-state index contributed by atoms with van der Waals surface area (Å²) < 4.78 is 0. The normalized spacial score (nSPS) is 14.2. The van der Waals surface area contributed by atoms with Crippen molar-refractivity contribution in [3.8, 4) is 0 Å². The number of hydrogen-bond donors (Lipinski definition) is 0. The molecule has 0 bridgehead atoms. The van der Waals surface area contributed by atoms with E-state index in [2.05, 4.69) is 39.5 Å². The molecule has 0 spiro atoms. The van der Waals surface area contributed by atoms with Crippen molar-refractivity contribution in [1.82, 2.24) is 4.90 Å². The van der Waals surface area contributed by atoms with Crippen LogP contribution in [0.5, 0.6) is 0 Å². The quantitative estimate of drug-likeness (QED) is 0.592. The molecule has 74 valence electrons. The van der Waals surface area contributed by atoms with Crippen molar-refractivity contribution in [3.63, 3.8) is 0 Å². The molecule has 0 fully saturated rings. The van der Waals surface area contributed by atoms with Gasteiger partial charge in [-0.3, -0.25) is 4.90 Å². The van der Waals surface area contributed by atoms with Crippen LogP contribution in [0.2, 0.25) is 0 Å². The highest BCUT2D eigenvalue weighted by molar-refractivity contribution is 4.69. The van der Waals surface area contributed by atoms with Crippen LogP contribution in [-0.2, 0) is 0 Å². The van der Waals surface area contributed by atoms with Gasteiger partial charge in [0.05, 0.1) is 0 Å². The fraction of sp³-hybridized carbons (Fsp3) is 1.00. The van der Waals surface area contributed by atoms with E-state index in [9.17, 15) is 0 Å². The molecule has 1 atom stereocenters. The van der Waals surface area contributed by atoms with E-state index in [0.29, 0.717) is 6.04 Å². The van der Waals surface area contributed by atoms with Crippen molar-refractivity contribution in [2.24, 2.45) is 0 Å². The van der Waals surface area contributed by atoms with Gasteiger partial charge >= 0.3 is 0 Å². The van der Waals surface area contributed by atoms with Crippen molar-refractivity contribution in [2.75, 3.05) is 6.54 Å². The summed E-state index contributed by atoms with van der Waals surface area (Å²) in [7, 11) is 0. The summed E-state index contributed by atoms with van der Waals surface area (Å²) in [6.45, 7) is 12.7. The lowest BCUT2D eigenvalue weighted by atomic mass is 10.1. The third kappa shape index (κ3) is 4.10. The lowest BCUT2D eigenvalue weighted by Crippen LogP contribution is -2.39. The maximum atomic E-state index is 2.60. The van der Waals surface area contributed by atoms with E-state index in [1.165, 1.54) is 25.8 Å². The predicted molar refractivity (Wildman–Crippen MR) is 56.5 cm³/mol. The molecule has 12 heavy (non-hydrogen) atoms. The fourth-order valence-corrected chi connectivity index (χ4v) is 1.83. The average molecular weight is 171 g/mol. The van der Waals surface area contributed by atoms with Crippen LogP contribution in [-0.4, -0.2) is 23.5 Å². The first-order valence-electron chi connectivity index (χ1n) is 5.39. The molecule has 0 saturated heterocycles. The standard InChI is InChI=1S/C11H25N/c1-6-8-11(5)12(9-7-2)10(3)4/h10-11H,6-9H2,1-5H3. The van der Waals surface area contributed by atoms with Gasteiger partial charge in [-0.15, -0.1) is 0 Å². The predicted octanol–water partition coefficient (Wildman–Crippen LogP) is 3.30. The third-order valence-electron chi connectivity index (χ3n) is 2.42. The van der Waals surface area contributed by atoms with Gasteiger partial charge in [-0.05, 0) is 40.2 Å². The Labute approximate surface area is 78.1 Å². The first-order chi connectivity index (χ1) is 5.63. The van der Waals surface area contributed by atoms with Crippen LogP contribution < -0.4 is 0 Å². The minimum atomic E-state index is 0.700. The Balaban J connectivity index is 3.90. The van der Waals surface area contributed by atoms with Gasteiger partial charge in [0, 0.05) is 12.1 Å². The maximum Gasteiger partial charge on any atom is 0.00695 e. The molecule has 0 amide bonds. The summed E-state index contributed by atoms with van der Waals surface area (Å²) in [6.07, 6.45) is 3.90. The molecule has 0 aliphatic carbocycles. The zero-order valence-corrected chi connectivity index (χ0v) is 9.43. The second kappa shape index (κ2) is 6.47. The highest BCUT2D eigenvalue weighted by atomic mass is 15.2. The molecule has 0 N–H and O–H groups in total. The van der Waals surface area contributed by atoms with E-state index < -0.39 is 0 Å². The zero-order chi connectivity index (χ0) is 9.56. The number of hydrogen-bond acceptors (Lipinski definition) is 1. The van der Waals surface area contributed by atoms with E-state index >= 15 is 0 Å². The van der Waals surface area contributed by atoms with Crippen molar-refractivity contribution in [3.05, 3.63) is 0 Å². The van der Waals surface area contributed by atoms with Crippen LogP contribution in [0, 0.1) is 0 Å². The molecule has 0 aliphatic heterocycles. The summed E-state index contributed by atoms with van der Waals surface area (Å²) in [5.41, 5.74) is 0. The molecule has 0 aliphatic rings. The van der Waals surface area contributed by atoms with E-state index in [4.69, 9.17) is 0 Å². The van der Waals surface area contributed by atoms with Crippen molar-refractivity contribution in [1.29, 1.82) is 0 Å². The SMILES string of the molecule is CCCC(C)N(CCC)C(C)C. The van der Waals surface area contributed by atoms with Crippen LogP contribution in [0.15, 0.2) is 0 Å². The first kappa shape index (κ1) is 12.0. The highest BCUT2D eigenvalue weighted by Gasteiger charge is 2.14. The van der Waals surface area contributed by atoms with Gasteiger partial charge in [0.2, 0.25) is 0 Å². The van der Waals surface area contributed by atoms with Gasteiger partial charge in [-0.2, -0.15) is 0 Å². The van der Waals surface area contributed by atoms with Gasteiger partial charge < -0.3 is 0 Å². The topological polar surface area (TPSA) is 3.24 Å². The van der Waals surface area contributed by atoms with Crippen LogP contribution in [0.25, 0.3) is 0 Å². The molecule has 1 heteroatoms. The third-order valence-corrected chi connectivity index (χ3v) is 2.42. The molecule has 0 heterocycles. The summed E-state index contributed by atoms with van der Waals surface area (Å²) in [5, 5.41) is 0. The van der Waals surface area contributed by atoms with Gasteiger partial charge in [0.15, 0.2) is 0 Å². The minimum absolute atomic E-state index is 0.700. The Morgan fingerprint density at radius 1 is 1.00 bits per heavy atom. The summed E-state index contributed by atoms with van der Waals surface area (Å²) in [5.74, 6) is 0. The van der Waals surface area contributed by atoms with Gasteiger partial charge in [-0.1, -0.05) is 20.3 Å². The second-order valence-corrected chi connectivity index (χ2v) is 3.97. The minimum Gasteiger partial charge on any atom is -0.298 e. The molecule has 1 unspecified atom stereocenters. The molecule has 0 aromatic carbocycles. The number of nitrogens with zero attached hydrogens (tertiary/aromatic N) is 1. The van der Waals surface area contributed by atoms with E-state index in [0.717, 1.165) is 6.04 Å². The smallest absolute Gasteiger partial charge is 0.00695 e. The molecular weight excluding hydrogens is 146 g/mol. The van der Waals surface area contributed by atoms with E-state index in [1.54, 1.807) is 0 Å². The summed E-state index contributed by atoms with van der Waals surface area (Å²) in [6, 6.07) is 1.46. The van der Waals surface area contributed by atoms with Crippen molar-refractivity contribution in [2.45, 2.75) is 66.0 Å². The Morgan fingerprint density at radius 3 is 1.92 bits per heavy atom. The monoisotopic (exact) mass is 171 g/mol. The van der Waals surface area contributed by atoms with E-state index in [-0.39, 0.29) is 0 Å². The highest BCUT2D eigenvalue weighted by Crippen LogP contribution is 2.10. The Hall–Kier alpha value is -0.0400. The Kier molecular flexibility index (Phi) is 6.45.